The summed E-state index contributed by atoms with van der Waals surface area (Å²) in [4.78, 5) is 31.8. The topological polar surface area (TPSA) is 69.6 Å². The van der Waals surface area contributed by atoms with E-state index in [2.05, 4.69) is 15.1 Å². The van der Waals surface area contributed by atoms with Crippen molar-refractivity contribution in [3.8, 4) is 0 Å². The van der Waals surface area contributed by atoms with Gasteiger partial charge in [0.05, 0.1) is 12.0 Å². The zero-order valence-electron chi connectivity index (χ0n) is 16.8. The number of carbonyl (C=O) groups is 2. The number of nitrogens with zero attached hydrogens (tertiary/aromatic N) is 5. The van der Waals surface area contributed by atoms with Crippen molar-refractivity contribution in [1.82, 2.24) is 20.0 Å². The van der Waals surface area contributed by atoms with Crippen LogP contribution >= 0.6 is 0 Å². The predicted molar refractivity (Wildman–Crippen MR) is 110 cm³/mol. The fourth-order valence-corrected chi connectivity index (χ4v) is 4.47. The first-order valence-corrected chi connectivity index (χ1v) is 10.3. The van der Waals surface area contributed by atoms with Crippen molar-refractivity contribution in [3.05, 3.63) is 54.2 Å². The molecule has 0 spiro atoms. The highest BCUT2D eigenvalue weighted by Gasteiger charge is 2.40. The zero-order valence-corrected chi connectivity index (χ0v) is 16.8. The summed E-state index contributed by atoms with van der Waals surface area (Å²) in [6.45, 7) is 2.98. The van der Waals surface area contributed by atoms with Gasteiger partial charge in [-0.2, -0.15) is 5.10 Å². The van der Waals surface area contributed by atoms with Crippen LogP contribution < -0.4 is 4.90 Å². The Kier molecular flexibility index (Phi) is 5.74. The number of benzene rings is 1. The molecule has 0 unspecified atom stereocenters. The highest BCUT2D eigenvalue weighted by Crippen LogP contribution is 2.37. The Morgan fingerprint density at radius 3 is 2.62 bits per heavy atom. The highest BCUT2D eigenvalue weighted by molar-refractivity contribution is 5.85. The van der Waals surface area contributed by atoms with Gasteiger partial charge in [-0.25, -0.2) is 0 Å². The van der Waals surface area contributed by atoms with E-state index in [0.29, 0.717) is 19.4 Å². The van der Waals surface area contributed by atoms with Crippen LogP contribution in [0.1, 0.15) is 30.9 Å². The number of likely N-dealkylation sites (tertiary alicyclic amines) is 1. The lowest BCUT2D eigenvalue weighted by molar-refractivity contribution is -0.146. The van der Waals surface area contributed by atoms with Crippen LogP contribution in [-0.4, -0.2) is 65.0 Å². The number of aromatic nitrogens is 2. The second kappa shape index (κ2) is 8.59. The fraction of sp³-hybridized carbons (Fsp3) is 0.455. The molecular formula is C22H27N5O2. The van der Waals surface area contributed by atoms with Gasteiger partial charge in [-0.1, -0.05) is 30.3 Å². The molecule has 1 aromatic carbocycles. The Bertz CT molecular complexity index is 845. The summed E-state index contributed by atoms with van der Waals surface area (Å²) in [5, 5.41) is 8.17. The van der Waals surface area contributed by atoms with E-state index in [-0.39, 0.29) is 23.8 Å². The molecule has 0 N–H and O–H groups in total. The van der Waals surface area contributed by atoms with Crippen molar-refractivity contribution in [2.45, 2.75) is 25.3 Å². The van der Waals surface area contributed by atoms with Crippen LogP contribution in [0.4, 0.5) is 5.82 Å². The minimum Gasteiger partial charge on any atom is -0.353 e. The van der Waals surface area contributed by atoms with Crippen molar-refractivity contribution < 1.29 is 9.59 Å². The van der Waals surface area contributed by atoms with Gasteiger partial charge < -0.3 is 14.7 Å². The van der Waals surface area contributed by atoms with Gasteiger partial charge in [-0.3, -0.25) is 9.59 Å². The van der Waals surface area contributed by atoms with E-state index in [1.165, 1.54) is 0 Å². The molecule has 29 heavy (non-hydrogen) atoms. The van der Waals surface area contributed by atoms with E-state index in [4.69, 9.17) is 0 Å². The van der Waals surface area contributed by atoms with Crippen molar-refractivity contribution in [2.75, 3.05) is 38.1 Å². The van der Waals surface area contributed by atoms with Crippen LogP contribution in [0.15, 0.2) is 48.7 Å². The van der Waals surface area contributed by atoms with Crippen LogP contribution in [0.2, 0.25) is 0 Å². The molecule has 2 amide bonds. The minimum atomic E-state index is -0.205. The molecule has 0 radical (unpaired) electrons. The van der Waals surface area contributed by atoms with Gasteiger partial charge in [-0.15, -0.1) is 5.10 Å². The molecule has 7 nitrogen and oxygen atoms in total. The van der Waals surface area contributed by atoms with Crippen LogP contribution in [0, 0.1) is 5.92 Å². The van der Waals surface area contributed by atoms with Gasteiger partial charge >= 0.3 is 0 Å². The Balaban J connectivity index is 1.51. The molecule has 2 atom stereocenters. The molecule has 1 aromatic heterocycles. The molecule has 2 aliphatic heterocycles. The van der Waals surface area contributed by atoms with Gasteiger partial charge in [0.15, 0.2) is 5.82 Å². The van der Waals surface area contributed by atoms with Crippen LogP contribution in [0.25, 0.3) is 0 Å². The number of amides is 2. The maximum absolute atomic E-state index is 13.5. The number of hydrogen-bond donors (Lipinski definition) is 0. The second-order valence-electron chi connectivity index (χ2n) is 7.75. The minimum absolute atomic E-state index is 0.104. The summed E-state index contributed by atoms with van der Waals surface area (Å²) in [5.41, 5.74) is 1.03. The van der Waals surface area contributed by atoms with Gasteiger partial charge in [0.1, 0.15) is 0 Å². The molecule has 0 saturated carbocycles. The molecule has 2 saturated heterocycles. The molecule has 2 aromatic rings. The standard InChI is InChI=1S/C22H27N5O2/c1-25-20(28)11-10-18(21(25)17-7-3-2-4-8-17)22(29)27-14-6-13-26(15-16-27)19-9-5-12-23-24-19/h2-5,7-9,12,18,21H,6,10-11,13-16H2,1H3/t18-,21-/m0/s1. The normalized spacial score (nSPS) is 23.1. The van der Waals surface area contributed by atoms with E-state index >= 15 is 0 Å². The first kappa shape index (κ1) is 19.4. The van der Waals surface area contributed by atoms with Gasteiger partial charge in [0.25, 0.3) is 0 Å². The lowest BCUT2D eigenvalue weighted by atomic mass is 9.83. The maximum Gasteiger partial charge on any atom is 0.228 e. The van der Waals surface area contributed by atoms with Crippen LogP contribution in [0.3, 0.4) is 0 Å². The smallest absolute Gasteiger partial charge is 0.228 e. The number of hydrogen-bond acceptors (Lipinski definition) is 5. The molecular weight excluding hydrogens is 366 g/mol. The van der Waals surface area contributed by atoms with Crippen molar-refractivity contribution in [2.24, 2.45) is 5.92 Å². The molecule has 3 heterocycles. The summed E-state index contributed by atoms with van der Waals surface area (Å²) in [6, 6.07) is 13.6. The lowest BCUT2D eigenvalue weighted by Gasteiger charge is -2.40. The molecule has 7 heteroatoms. The maximum atomic E-state index is 13.5. The highest BCUT2D eigenvalue weighted by atomic mass is 16.2. The lowest BCUT2D eigenvalue weighted by Crippen LogP contribution is -2.48. The number of piperidine rings is 1. The zero-order chi connectivity index (χ0) is 20.2. The fourth-order valence-electron chi connectivity index (χ4n) is 4.47. The van der Waals surface area contributed by atoms with Gasteiger partial charge in [0, 0.05) is 45.8 Å². The summed E-state index contributed by atoms with van der Waals surface area (Å²) in [5.74, 6) is 0.905. The Morgan fingerprint density at radius 1 is 1.03 bits per heavy atom. The van der Waals surface area contributed by atoms with Crippen molar-refractivity contribution in [1.29, 1.82) is 0 Å². The average Bonchev–Trinajstić information content (AvgIpc) is 3.02. The predicted octanol–water partition coefficient (Wildman–Crippen LogP) is 2.12. The number of carbonyl (C=O) groups excluding carboxylic acids is 2. The van der Waals surface area contributed by atoms with E-state index in [0.717, 1.165) is 37.4 Å². The number of rotatable bonds is 3. The Labute approximate surface area is 171 Å². The van der Waals surface area contributed by atoms with E-state index < -0.39 is 0 Å². The molecule has 152 valence electrons. The van der Waals surface area contributed by atoms with Crippen LogP contribution in [-0.2, 0) is 9.59 Å². The third kappa shape index (κ3) is 4.09. The molecule has 4 rings (SSSR count). The third-order valence-electron chi connectivity index (χ3n) is 6.01. The average molecular weight is 393 g/mol. The Hall–Kier alpha value is -2.96. The monoisotopic (exact) mass is 393 g/mol. The summed E-state index contributed by atoms with van der Waals surface area (Å²) in [6.07, 6.45) is 3.59. The summed E-state index contributed by atoms with van der Waals surface area (Å²) in [7, 11) is 1.82. The Morgan fingerprint density at radius 2 is 1.86 bits per heavy atom. The molecule has 2 aliphatic rings. The van der Waals surface area contributed by atoms with Crippen molar-refractivity contribution in [3.63, 3.8) is 0 Å². The molecule has 0 aliphatic carbocycles. The summed E-state index contributed by atoms with van der Waals surface area (Å²) < 4.78 is 0. The van der Waals surface area contributed by atoms with E-state index in [1.807, 2.05) is 54.4 Å². The van der Waals surface area contributed by atoms with Crippen molar-refractivity contribution >= 4 is 17.6 Å². The molecule has 2 fully saturated rings. The SMILES string of the molecule is CN1C(=O)CC[C@H](C(=O)N2CCCN(c3cccnn3)CC2)[C@@H]1c1ccccc1. The largest absolute Gasteiger partial charge is 0.353 e. The quantitative estimate of drug-likeness (QED) is 0.799. The molecule has 0 bridgehead atoms. The first-order chi connectivity index (χ1) is 14.1. The van der Waals surface area contributed by atoms with Crippen LogP contribution in [0.5, 0.6) is 0 Å². The third-order valence-corrected chi connectivity index (χ3v) is 6.01. The number of anilines is 1. The first-order valence-electron chi connectivity index (χ1n) is 10.3. The van der Waals surface area contributed by atoms with E-state index in [9.17, 15) is 9.59 Å². The second-order valence-corrected chi connectivity index (χ2v) is 7.75. The van der Waals surface area contributed by atoms with E-state index in [1.54, 1.807) is 11.1 Å². The summed E-state index contributed by atoms with van der Waals surface area (Å²) >= 11 is 0. The van der Waals surface area contributed by atoms with Gasteiger partial charge in [0.2, 0.25) is 11.8 Å². The van der Waals surface area contributed by atoms with Gasteiger partial charge in [-0.05, 0) is 30.5 Å².